The van der Waals surface area contributed by atoms with Gasteiger partial charge in [0.25, 0.3) is 0 Å². The fourth-order valence-electron chi connectivity index (χ4n) is 2.69. The van der Waals surface area contributed by atoms with E-state index in [4.69, 9.17) is 5.73 Å². The van der Waals surface area contributed by atoms with Crippen molar-refractivity contribution in [3.63, 3.8) is 0 Å². The minimum Gasteiger partial charge on any atom is -0.330 e. The van der Waals surface area contributed by atoms with Crippen molar-refractivity contribution in [3.05, 3.63) is 35.1 Å². The topological polar surface area (TPSA) is 26.0 Å². The van der Waals surface area contributed by atoms with Gasteiger partial charge < -0.3 is 5.73 Å². The van der Waals surface area contributed by atoms with Crippen LogP contribution in [-0.4, -0.2) is 6.54 Å². The first-order valence-corrected chi connectivity index (χ1v) is 5.44. The number of hydrogen-bond acceptors (Lipinski definition) is 1. The molecular weight excluding hydrogens is 189 g/mol. The Morgan fingerprint density at radius 3 is 2.53 bits per heavy atom. The highest BCUT2D eigenvalue weighted by molar-refractivity contribution is 5.35. The van der Waals surface area contributed by atoms with Crippen LogP contribution in [0, 0.1) is 24.1 Å². The summed E-state index contributed by atoms with van der Waals surface area (Å²) in [5.41, 5.74) is 7.66. The van der Waals surface area contributed by atoms with Crippen LogP contribution in [0.15, 0.2) is 18.2 Å². The molecule has 1 aliphatic rings. The summed E-state index contributed by atoms with van der Waals surface area (Å²) in [6.07, 6.45) is 0. The van der Waals surface area contributed by atoms with Crippen molar-refractivity contribution in [2.75, 3.05) is 6.54 Å². The second kappa shape index (κ2) is 3.31. The van der Waals surface area contributed by atoms with Crippen molar-refractivity contribution in [2.24, 2.45) is 17.1 Å². The second-order valence-corrected chi connectivity index (χ2v) is 5.17. The molecule has 15 heavy (non-hydrogen) atoms. The SMILES string of the molecule is Cc1ccc(C2C(CN)C2(C)C)c(F)c1. The minimum absolute atomic E-state index is 0.0796. The summed E-state index contributed by atoms with van der Waals surface area (Å²) >= 11 is 0. The molecule has 0 heterocycles. The fourth-order valence-corrected chi connectivity index (χ4v) is 2.69. The van der Waals surface area contributed by atoms with E-state index in [1.807, 2.05) is 19.1 Å². The van der Waals surface area contributed by atoms with E-state index < -0.39 is 0 Å². The average Bonchev–Trinajstić information content (AvgIpc) is 2.68. The zero-order chi connectivity index (χ0) is 11.2. The normalized spacial score (nSPS) is 27.8. The van der Waals surface area contributed by atoms with Gasteiger partial charge in [-0.05, 0) is 47.9 Å². The largest absolute Gasteiger partial charge is 0.330 e. The molecule has 1 fully saturated rings. The Morgan fingerprint density at radius 1 is 1.40 bits per heavy atom. The molecule has 0 aliphatic heterocycles. The lowest BCUT2D eigenvalue weighted by atomic mass is 10.0. The van der Waals surface area contributed by atoms with Gasteiger partial charge in [-0.25, -0.2) is 4.39 Å². The number of rotatable bonds is 2. The van der Waals surface area contributed by atoms with Crippen molar-refractivity contribution >= 4 is 0 Å². The van der Waals surface area contributed by atoms with Crippen LogP contribution in [0.2, 0.25) is 0 Å². The molecule has 2 atom stereocenters. The predicted octanol–water partition coefficient (Wildman–Crippen LogP) is 2.83. The molecule has 0 amide bonds. The monoisotopic (exact) mass is 207 g/mol. The van der Waals surface area contributed by atoms with Crippen molar-refractivity contribution in [2.45, 2.75) is 26.7 Å². The van der Waals surface area contributed by atoms with Crippen LogP contribution < -0.4 is 5.73 Å². The summed E-state index contributed by atoms with van der Waals surface area (Å²) in [6.45, 7) is 6.87. The van der Waals surface area contributed by atoms with Crippen molar-refractivity contribution in [1.82, 2.24) is 0 Å². The number of halogens is 1. The highest BCUT2D eigenvalue weighted by Gasteiger charge is 2.57. The third-order valence-corrected chi connectivity index (χ3v) is 3.80. The molecule has 2 heteroatoms. The molecule has 2 N–H and O–H groups in total. The van der Waals surface area contributed by atoms with Gasteiger partial charge in [-0.15, -0.1) is 0 Å². The Kier molecular flexibility index (Phi) is 2.34. The smallest absolute Gasteiger partial charge is 0.126 e. The molecule has 0 radical (unpaired) electrons. The van der Waals surface area contributed by atoms with E-state index in [-0.39, 0.29) is 11.2 Å². The average molecular weight is 207 g/mol. The van der Waals surface area contributed by atoms with Gasteiger partial charge in [0.1, 0.15) is 5.82 Å². The lowest BCUT2D eigenvalue weighted by Crippen LogP contribution is -2.05. The third-order valence-electron chi connectivity index (χ3n) is 3.80. The molecule has 1 aliphatic carbocycles. The Labute approximate surface area is 90.5 Å². The summed E-state index contributed by atoms with van der Waals surface area (Å²) in [5.74, 6) is 0.641. The Morgan fingerprint density at radius 2 is 2.07 bits per heavy atom. The van der Waals surface area contributed by atoms with Gasteiger partial charge >= 0.3 is 0 Å². The summed E-state index contributed by atoms with van der Waals surface area (Å²) in [4.78, 5) is 0. The number of aryl methyl sites for hydroxylation is 1. The standard InChI is InChI=1S/C13H18FN/c1-8-4-5-9(11(14)6-8)12-10(7-15)13(12,2)3/h4-6,10,12H,7,15H2,1-3H3. The Hall–Kier alpha value is -0.890. The number of nitrogens with two attached hydrogens (primary N) is 1. The minimum atomic E-state index is -0.0796. The molecule has 1 aromatic rings. The van der Waals surface area contributed by atoms with Crippen LogP contribution in [-0.2, 0) is 0 Å². The summed E-state index contributed by atoms with van der Waals surface area (Å²) in [7, 11) is 0. The van der Waals surface area contributed by atoms with Crippen LogP contribution >= 0.6 is 0 Å². The highest BCUT2D eigenvalue weighted by atomic mass is 19.1. The zero-order valence-electron chi connectivity index (χ0n) is 9.55. The third kappa shape index (κ3) is 1.57. The van der Waals surface area contributed by atoms with Gasteiger partial charge in [0, 0.05) is 0 Å². The van der Waals surface area contributed by atoms with Crippen LogP contribution in [0.1, 0.15) is 30.9 Å². The fraction of sp³-hybridized carbons (Fsp3) is 0.538. The van der Waals surface area contributed by atoms with Crippen molar-refractivity contribution in [3.8, 4) is 0 Å². The molecule has 2 unspecified atom stereocenters. The van der Waals surface area contributed by atoms with E-state index in [2.05, 4.69) is 13.8 Å². The van der Waals surface area contributed by atoms with Crippen molar-refractivity contribution < 1.29 is 4.39 Å². The second-order valence-electron chi connectivity index (χ2n) is 5.17. The molecule has 1 aromatic carbocycles. The molecule has 82 valence electrons. The van der Waals surface area contributed by atoms with Gasteiger partial charge in [0.15, 0.2) is 0 Å². The van der Waals surface area contributed by atoms with Crippen molar-refractivity contribution in [1.29, 1.82) is 0 Å². The van der Waals surface area contributed by atoms with Crippen LogP contribution in [0.4, 0.5) is 4.39 Å². The van der Waals surface area contributed by atoms with E-state index in [1.165, 1.54) is 0 Å². The summed E-state index contributed by atoms with van der Waals surface area (Å²) in [6, 6.07) is 5.49. The first-order chi connectivity index (χ1) is 6.98. The van der Waals surface area contributed by atoms with E-state index in [9.17, 15) is 4.39 Å². The first-order valence-electron chi connectivity index (χ1n) is 5.44. The van der Waals surface area contributed by atoms with Crippen LogP contribution in [0.25, 0.3) is 0 Å². The van der Waals surface area contributed by atoms with E-state index >= 15 is 0 Å². The Bertz CT molecular complexity index is 384. The molecule has 0 saturated heterocycles. The lowest BCUT2D eigenvalue weighted by molar-refractivity contribution is 0.551. The van der Waals surface area contributed by atoms with Gasteiger partial charge in [0.2, 0.25) is 0 Å². The molecule has 0 spiro atoms. The first kappa shape index (κ1) is 10.6. The molecule has 0 aromatic heterocycles. The molecule has 1 nitrogen and oxygen atoms in total. The maximum atomic E-state index is 13.8. The quantitative estimate of drug-likeness (QED) is 0.793. The molecule has 1 saturated carbocycles. The van der Waals surface area contributed by atoms with E-state index in [0.717, 1.165) is 11.1 Å². The van der Waals surface area contributed by atoms with E-state index in [0.29, 0.717) is 18.4 Å². The maximum absolute atomic E-state index is 13.8. The van der Waals surface area contributed by atoms with Gasteiger partial charge in [-0.1, -0.05) is 26.0 Å². The van der Waals surface area contributed by atoms with Crippen LogP contribution in [0.5, 0.6) is 0 Å². The maximum Gasteiger partial charge on any atom is 0.126 e. The van der Waals surface area contributed by atoms with Gasteiger partial charge in [-0.2, -0.15) is 0 Å². The zero-order valence-corrected chi connectivity index (χ0v) is 9.55. The van der Waals surface area contributed by atoms with Crippen LogP contribution in [0.3, 0.4) is 0 Å². The lowest BCUT2D eigenvalue weighted by Gasteiger charge is -2.05. The van der Waals surface area contributed by atoms with Gasteiger partial charge in [0.05, 0.1) is 0 Å². The summed E-state index contributed by atoms with van der Waals surface area (Å²) < 4.78 is 13.8. The number of benzene rings is 1. The predicted molar refractivity (Wildman–Crippen MR) is 60.2 cm³/mol. The van der Waals surface area contributed by atoms with Gasteiger partial charge in [-0.3, -0.25) is 0 Å². The summed E-state index contributed by atoms with van der Waals surface area (Å²) in [5, 5.41) is 0. The molecular formula is C13H18FN. The Balaban J connectivity index is 2.33. The van der Waals surface area contributed by atoms with E-state index in [1.54, 1.807) is 6.07 Å². The molecule has 2 rings (SSSR count). The number of hydrogen-bond donors (Lipinski definition) is 1. The highest BCUT2D eigenvalue weighted by Crippen LogP contribution is 2.64. The molecule has 0 bridgehead atoms.